The molecule has 5 nitrogen and oxygen atoms in total. The second-order valence-corrected chi connectivity index (χ2v) is 9.24. The molecule has 148 valence electrons. The maximum atomic E-state index is 13.3. The van der Waals surface area contributed by atoms with Crippen LogP contribution in [0.5, 0.6) is 0 Å². The van der Waals surface area contributed by atoms with Crippen LogP contribution in [0.15, 0.2) is 22.8 Å². The topological polar surface area (TPSA) is 80.7 Å². The second-order valence-electron chi connectivity index (χ2n) is 9.24. The number of carbonyl (C=O) groups is 3. The van der Waals surface area contributed by atoms with Crippen molar-refractivity contribution >= 4 is 18.0 Å². The van der Waals surface area contributed by atoms with Gasteiger partial charge in [0.05, 0.1) is 6.10 Å². The normalized spacial score (nSPS) is 38.9. The standard InChI is InChI=1S/C22H30O5/c1-12(2)18-20(27-13(3)24)19(26)16-10-15-14(11-23)17(25)6-7-21(15,4)8-9-22(16,18)5/h10-12,17-18,20,25H,6-9H2,1-5H3/t17-,18-,20-,21-,22-/m0/s1. The zero-order chi connectivity index (χ0) is 20.1. The predicted octanol–water partition coefficient (Wildman–Crippen LogP) is 3.16. The van der Waals surface area contributed by atoms with Gasteiger partial charge in [-0.3, -0.25) is 14.4 Å². The van der Waals surface area contributed by atoms with Crippen molar-refractivity contribution in [3.05, 3.63) is 22.8 Å². The van der Waals surface area contributed by atoms with Gasteiger partial charge in [0, 0.05) is 29.4 Å². The Labute approximate surface area is 160 Å². The molecule has 0 aliphatic heterocycles. The minimum atomic E-state index is -0.784. The van der Waals surface area contributed by atoms with Crippen molar-refractivity contribution < 1.29 is 24.2 Å². The summed E-state index contributed by atoms with van der Waals surface area (Å²) >= 11 is 0. The summed E-state index contributed by atoms with van der Waals surface area (Å²) in [5.41, 5.74) is 1.17. The average molecular weight is 374 g/mol. The van der Waals surface area contributed by atoms with Gasteiger partial charge in [-0.05, 0) is 42.6 Å². The highest BCUT2D eigenvalue weighted by molar-refractivity contribution is 6.04. The number of esters is 1. The van der Waals surface area contributed by atoms with E-state index in [1.807, 2.05) is 6.08 Å². The van der Waals surface area contributed by atoms with Crippen molar-refractivity contribution in [2.75, 3.05) is 0 Å². The highest BCUT2D eigenvalue weighted by Gasteiger charge is 2.58. The molecule has 0 aromatic heterocycles. The van der Waals surface area contributed by atoms with Gasteiger partial charge in [0.15, 0.2) is 11.9 Å². The Morgan fingerprint density at radius 1 is 1.30 bits per heavy atom. The van der Waals surface area contributed by atoms with Gasteiger partial charge < -0.3 is 9.84 Å². The van der Waals surface area contributed by atoms with Gasteiger partial charge in [-0.2, -0.15) is 0 Å². The largest absolute Gasteiger partial charge is 0.454 e. The van der Waals surface area contributed by atoms with Gasteiger partial charge in [-0.1, -0.05) is 33.8 Å². The first-order valence-electron chi connectivity index (χ1n) is 9.86. The van der Waals surface area contributed by atoms with E-state index >= 15 is 0 Å². The van der Waals surface area contributed by atoms with Crippen molar-refractivity contribution in [1.82, 2.24) is 0 Å². The van der Waals surface area contributed by atoms with Crippen LogP contribution in [0, 0.1) is 22.7 Å². The number of carbonyl (C=O) groups excluding carboxylic acids is 3. The molecule has 5 heteroatoms. The van der Waals surface area contributed by atoms with Gasteiger partial charge in [0.25, 0.3) is 0 Å². The van der Waals surface area contributed by atoms with Crippen molar-refractivity contribution in [2.24, 2.45) is 22.7 Å². The minimum absolute atomic E-state index is 0.103. The number of hydrogen-bond acceptors (Lipinski definition) is 5. The zero-order valence-electron chi connectivity index (χ0n) is 16.9. The Morgan fingerprint density at radius 3 is 2.52 bits per heavy atom. The molecule has 0 aromatic carbocycles. The van der Waals surface area contributed by atoms with Crippen LogP contribution in [0.3, 0.4) is 0 Å². The molecule has 0 unspecified atom stereocenters. The number of rotatable bonds is 3. The molecule has 0 bridgehead atoms. The summed E-state index contributed by atoms with van der Waals surface area (Å²) in [6.45, 7) is 9.65. The smallest absolute Gasteiger partial charge is 0.303 e. The minimum Gasteiger partial charge on any atom is -0.454 e. The number of fused-ring (bicyclic) bond motifs is 2. The van der Waals surface area contributed by atoms with Gasteiger partial charge in [-0.15, -0.1) is 0 Å². The molecule has 1 N–H and O–H groups in total. The summed E-state index contributed by atoms with van der Waals surface area (Å²) in [6.07, 6.45) is 3.98. The highest BCUT2D eigenvalue weighted by Crippen LogP contribution is 2.59. The summed E-state index contributed by atoms with van der Waals surface area (Å²) in [7, 11) is 0. The van der Waals surface area contributed by atoms with Crippen LogP contribution >= 0.6 is 0 Å². The summed E-state index contributed by atoms with van der Waals surface area (Å²) in [6, 6.07) is 0. The predicted molar refractivity (Wildman–Crippen MR) is 101 cm³/mol. The maximum absolute atomic E-state index is 13.3. The Morgan fingerprint density at radius 2 is 1.96 bits per heavy atom. The molecule has 3 aliphatic carbocycles. The molecule has 0 radical (unpaired) electrons. The third kappa shape index (κ3) is 3.00. The number of hydrogen-bond donors (Lipinski definition) is 1. The summed E-state index contributed by atoms with van der Waals surface area (Å²) in [4.78, 5) is 36.6. The molecular weight excluding hydrogens is 344 g/mol. The third-order valence-electron chi connectivity index (χ3n) is 7.11. The molecule has 3 rings (SSSR count). The molecule has 1 saturated carbocycles. The summed E-state index contributed by atoms with van der Waals surface area (Å²) < 4.78 is 5.47. The van der Waals surface area contributed by atoms with Crippen molar-refractivity contribution in [1.29, 1.82) is 0 Å². The van der Waals surface area contributed by atoms with Crippen LogP contribution < -0.4 is 0 Å². The lowest BCUT2D eigenvalue weighted by atomic mass is 9.65. The zero-order valence-corrected chi connectivity index (χ0v) is 16.9. The average Bonchev–Trinajstić information content (AvgIpc) is 2.70. The first-order valence-corrected chi connectivity index (χ1v) is 9.86. The lowest BCUT2D eigenvalue weighted by Gasteiger charge is -2.39. The number of Topliss-reactive ketones (excluding diaryl/α,β-unsaturated/α-hetero) is 1. The van der Waals surface area contributed by atoms with Gasteiger partial charge in [0.1, 0.15) is 6.29 Å². The maximum Gasteiger partial charge on any atom is 0.303 e. The fourth-order valence-electron chi connectivity index (χ4n) is 5.65. The molecular formula is C22H30O5. The number of aliphatic hydroxyl groups is 1. The first kappa shape index (κ1) is 20.0. The van der Waals surface area contributed by atoms with Crippen molar-refractivity contribution in [3.8, 4) is 0 Å². The van der Waals surface area contributed by atoms with E-state index in [0.29, 0.717) is 17.6 Å². The van der Waals surface area contributed by atoms with Crippen LogP contribution in [0.4, 0.5) is 0 Å². The molecule has 5 atom stereocenters. The van der Waals surface area contributed by atoms with Crippen molar-refractivity contribution in [2.45, 2.75) is 72.5 Å². The fourth-order valence-corrected chi connectivity index (χ4v) is 5.65. The van der Waals surface area contributed by atoms with Crippen LogP contribution in [0.2, 0.25) is 0 Å². The molecule has 0 saturated heterocycles. The van der Waals surface area contributed by atoms with Crippen molar-refractivity contribution in [3.63, 3.8) is 0 Å². The Balaban J connectivity index is 2.21. The summed E-state index contributed by atoms with van der Waals surface area (Å²) in [5.74, 6) is -0.555. The second kappa shape index (κ2) is 6.69. The molecule has 0 spiro atoms. The number of ether oxygens (including phenoxy) is 1. The fraction of sp³-hybridized carbons (Fsp3) is 0.682. The monoisotopic (exact) mass is 374 g/mol. The summed E-state index contributed by atoms with van der Waals surface area (Å²) in [5, 5.41) is 10.3. The van der Waals surface area contributed by atoms with E-state index in [2.05, 4.69) is 27.7 Å². The first-order chi connectivity index (χ1) is 12.5. The van der Waals surface area contributed by atoms with Gasteiger partial charge in [0.2, 0.25) is 0 Å². The van der Waals surface area contributed by atoms with E-state index in [1.165, 1.54) is 6.92 Å². The van der Waals surface area contributed by atoms with E-state index in [0.717, 1.165) is 31.1 Å². The quantitative estimate of drug-likeness (QED) is 0.606. The van der Waals surface area contributed by atoms with Crippen LogP contribution in [0.25, 0.3) is 0 Å². The Hall–Kier alpha value is -1.75. The van der Waals surface area contributed by atoms with E-state index in [1.54, 1.807) is 0 Å². The number of allylic oxidation sites excluding steroid dienone is 2. The molecule has 0 heterocycles. The Bertz CT molecular complexity index is 746. The van der Waals surface area contributed by atoms with Crippen LogP contribution in [-0.4, -0.2) is 35.4 Å². The van der Waals surface area contributed by atoms with Crippen LogP contribution in [0.1, 0.15) is 60.3 Å². The van der Waals surface area contributed by atoms with E-state index in [9.17, 15) is 19.5 Å². The molecule has 0 aromatic rings. The van der Waals surface area contributed by atoms with E-state index < -0.39 is 23.6 Å². The molecule has 27 heavy (non-hydrogen) atoms. The highest BCUT2D eigenvalue weighted by atomic mass is 16.5. The number of aldehydes is 1. The van der Waals surface area contributed by atoms with E-state index in [4.69, 9.17) is 4.74 Å². The lowest BCUT2D eigenvalue weighted by Crippen LogP contribution is -2.37. The molecule has 0 amide bonds. The van der Waals surface area contributed by atoms with E-state index in [-0.39, 0.29) is 23.0 Å². The third-order valence-corrected chi connectivity index (χ3v) is 7.11. The molecule has 1 fully saturated rings. The van der Waals surface area contributed by atoms with Crippen LogP contribution in [-0.2, 0) is 19.1 Å². The van der Waals surface area contributed by atoms with Gasteiger partial charge >= 0.3 is 5.97 Å². The van der Waals surface area contributed by atoms with Gasteiger partial charge in [-0.25, -0.2) is 0 Å². The number of ketones is 1. The molecule has 3 aliphatic rings. The SMILES string of the molecule is CC(=O)O[C@@H]1C(=O)C2=CC3=C(C=O)[C@@H](O)CC[C@@]3(C)CC[C@]2(C)[C@H]1C(C)C. The number of aliphatic hydroxyl groups excluding tert-OH is 1. The lowest BCUT2D eigenvalue weighted by molar-refractivity contribution is -0.155. The Kier molecular flexibility index (Phi) is 4.96.